The van der Waals surface area contributed by atoms with Gasteiger partial charge in [-0.3, -0.25) is 9.69 Å². The molecule has 112 valence electrons. The third-order valence-electron chi connectivity index (χ3n) is 5.32. The molecule has 0 spiro atoms. The molecule has 2 heterocycles. The molecule has 2 aliphatic heterocycles. The van der Waals surface area contributed by atoms with Gasteiger partial charge in [0.25, 0.3) is 5.91 Å². The number of rotatable bonds is 1. The van der Waals surface area contributed by atoms with E-state index in [0.29, 0.717) is 11.6 Å². The van der Waals surface area contributed by atoms with E-state index in [1.807, 2.05) is 36.2 Å². The van der Waals surface area contributed by atoms with Crippen molar-refractivity contribution in [1.82, 2.24) is 9.80 Å². The van der Waals surface area contributed by atoms with Gasteiger partial charge in [-0.1, -0.05) is 25.0 Å². The fraction of sp³-hybridized carbons (Fsp3) is 0.588. The first-order valence-corrected chi connectivity index (χ1v) is 8.01. The highest BCUT2D eigenvalue weighted by Crippen LogP contribution is 2.33. The largest absolute Gasteiger partial charge is 0.486 e. The molecule has 0 N–H and O–H groups in total. The fourth-order valence-electron chi connectivity index (χ4n) is 4.09. The Morgan fingerprint density at radius 2 is 1.90 bits per heavy atom. The maximum atomic E-state index is 12.6. The Bertz CT molecular complexity index is 553. The first kappa shape index (κ1) is 13.1. The zero-order valence-corrected chi connectivity index (χ0v) is 12.5. The van der Waals surface area contributed by atoms with Crippen molar-refractivity contribution in [2.24, 2.45) is 0 Å². The molecule has 1 saturated heterocycles. The molecule has 0 aromatic heterocycles. The Morgan fingerprint density at radius 1 is 1.14 bits per heavy atom. The number of hydrogen-bond acceptors (Lipinski definition) is 3. The average Bonchev–Trinajstić information content (AvgIpc) is 3.13. The molecule has 1 aromatic rings. The Hall–Kier alpha value is -1.55. The molecule has 1 aliphatic carbocycles. The lowest BCUT2D eigenvalue weighted by Gasteiger charge is -2.26. The van der Waals surface area contributed by atoms with Crippen molar-refractivity contribution in [2.45, 2.75) is 43.9 Å². The number of fused-ring (bicyclic) bond motifs is 2. The predicted molar refractivity (Wildman–Crippen MR) is 80.6 cm³/mol. The topological polar surface area (TPSA) is 32.8 Å². The molecular weight excluding hydrogens is 264 g/mol. The molecule has 1 aromatic carbocycles. The van der Waals surface area contributed by atoms with Crippen molar-refractivity contribution >= 4 is 5.91 Å². The van der Waals surface area contributed by atoms with Crippen LogP contribution in [-0.2, 0) is 0 Å². The van der Waals surface area contributed by atoms with Gasteiger partial charge < -0.3 is 9.64 Å². The van der Waals surface area contributed by atoms with Crippen molar-refractivity contribution in [3.8, 4) is 5.75 Å². The number of carbonyl (C=O) groups is 1. The number of benzene rings is 1. The second-order valence-corrected chi connectivity index (χ2v) is 6.53. The first-order chi connectivity index (χ1) is 10.2. The van der Waals surface area contributed by atoms with E-state index in [1.54, 1.807) is 0 Å². The van der Waals surface area contributed by atoms with E-state index in [4.69, 9.17) is 4.74 Å². The van der Waals surface area contributed by atoms with E-state index in [2.05, 4.69) is 4.90 Å². The van der Waals surface area contributed by atoms with Crippen LogP contribution in [0.25, 0.3) is 0 Å². The van der Waals surface area contributed by atoms with Gasteiger partial charge in [0.05, 0.1) is 11.6 Å². The van der Waals surface area contributed by atoms with Gasteiger partial charge in [-0.05, 0) is 25.0 Å². The summed E-state index contributed by atoms with van der Waals surface area (Å²) < 4.78 is 6.21. The van der Waals surface area contributed by atoms with E-state index >= 15 is 0 Å². The SMILES string of the molecule is CN1C(=O)c2ccccc2OC2CN(C3CCCC3)CC21. The second kappa shape index (κ2) is 5.02. The summed E-state index contributed by atoms with van der Waals surface area (Å²) in [7, 11) is 1.92. The van der Waals surface area contributed by atoms with E-state index in [0.717, 1.165) is 18.8 Å². The quantitative estimate of drug-likeness (QED) is 0.793. The average molecular weight is 286 g/mol. The van der Waals surface area contributed by atoms with Gasteiger partial charge in [-0.25, -0.2) is 0 Å². The number of para-hydroxylation sites is 1. The Kier molecular flexibility index (Phi) is 3.14. The van der Waals surface area contributed by atoms with Gasteiger partial charge in [0.1, 0.15) is 11.9 Å². The van der Waals surface area contributed by atoms with Gasteiger partial charge in [0.2, 0.25) is 0 Å². The molecule has 0 radical (unpaired) electrons. The van der Waals surface area contributed by atoms with Crippen LogP contribution >= 0.6 is 0 Å². The summed E-state index contributed by atoms with van der Waals surface area (Å²) in [5, 5.41) is 0. The molecule has 2 fully saturated rings. The number of ether oxygens (including phenoxy) is 1. The molecule has 1 saturated carbocycles. The van der Waals surface area contributed by atoms with Gasteiger partial charge >= 0.3 is 0 Å². The molecular formula is C17H22N2O2. The normalized spacial score (nSPS) is 30.0. The summed E-state index contributed by atoms with van der Waals surface area (Å²) in [4.78, 5) is 17.1. The lowest BCUT2D eigenvalue weighted by atomic mass is 10.1. The standard InChI is InChI=1S/C17H22N2O2/c1-18-14-10-19(12-6-2-3-7-12)11-16(14)21-15-9-5-4-8-13(15)17(18)20/h4-5,8-9,12,14,16H,2-3,6-7,10-11H2,1H3. The van der Waals surface area contributed by atoms with Crippen LogP contribution < -0.4 is 4.74 Å². The maximum Gasteiger partial charge on any atom is 0.257 e. The molecule has 1 amide bonds. The molecule has 21 heavy (non-hydrogen) atoms. The van der Waals surface area contributed by atoms with Gasteiger partial charge in [0.15, 0.2) is 0 Å². The van der Waals surface area contributed by atoms with E-state index in [9.17, 15) is 4.79 Å². The summed E-state index contributed by atoms with van der Waals surface area (Å²) in [5.74, 6) is 0.835. The summed E-state index contributed by atoms with van der Waals surface area (Å²) in [5.41, 5.74) is 0.696. The summed E-state index contributed by atoms with van der Waals surface area (Å²) in [6, 6.07) is 8.49. The van der Waals surface area contributed by atoms with Crippen molar-refractivity contribution in [3.05, 3.63) is 29.8 Å². The number of hydrogen-bond donors (Lipinski definition) is 0. The minimum absolute atomic E-state index is 0.0892. The third kappa shape index (κ3) is 2.13. The van der Waals surface area contributed by atoms with Crippen molar-refractivity contribution in [3.63, 3.8) is 0 Å². The Balaban J connectivity index is 1.62. The molecule has 0 bridgehead atoms. The molecule has 4 heteroatoms. The molecule has 2 atom stereocenters. The van der Waals surface area contributed by atoms with Crippen molar-refractivity contribution in [2.75, 3.05) is 20.1 Å². The monoisotopic (exact) mass is 286 g/mol. The van der Waals surface area contributed by atoms with Crippen LogP contribution in [0.3, 0.4) is 0 Å². The zero-order chi connectivity index (χ0) is 14.4. The van der Waals surface area contributed by atoms with Crippen LogP contribution in [0.4, 0.5) is 0 Å². The molecule has 4 rings (SSSR count). The minimum atomic E-state index is 0.0892. The first-order valence-electron chi connectivity index (χ1n) is 8.01. The number of carbonyl (C=O) groups excluding carboxylic acids is 1. The van der Waals surface area contributed by atoms with Gasteiger partial charge in [-0.15, -0.1) is 0 Å². The van der Waals surface area contributed by atoms with Gasteiger partial charge in [0, 0.05) is 26.2 Å². The highest BCUT2D eigenvalue weighted by Gasteiger charge is 2.44. The number of likely N-dealkylation sites (tertiary alicyclic amines) is 1. The lowest BCUT2D eigenvalue weighted by Crippen LogP contribution is -2.44. The maximum absolute atomic E-state index is 12.6. The summed E-state index contributed by atoms with van der Waals surface area (Å²) in [6.07, 6.45) is 5.38. The minimum Gasteiger partial charge on any atom is -0.486 e. The summed E-state index contributed by atoms with van der Waals surface area (Å²) >= 11 is 0. The summed E-state index contributed by atoms with van der Waals surface area (Å²) in [6.45, 7) is 1.90. The molecule has 3 aliphatic rings. The van der Waals surface area contributed by atoms with E-state index < -0.39 is 0 Å². The van der Waals surface area contributed by atoms with Crippen LogP contribution in [0.5, 0.6) is 5.75 Å². The Morgan fingerprint density at radius 3 is 2.71 bits per heavy atom. The smallest absolute Gasteiger partial charge is 0.257 e. The van der Waals surface area contributed by atoms with Crippen LogP contribution in [0.2, 0.25) is 0 Å². The van der Waals surface area contributed by atoms with E-state index in [1.165, 1.54) is 25.7 Å². The number of nitrogens with zero attached hydrogens (tertiary/aromatic N) is 2. The zero-order valence-electron chi connectivity index (χ0n) is 12.5. The highest BCUT2D eigenvalue weighted by molar-refractivity contribution is 5.97. The van der Waals surface area contributed by atoms with Crippen LogP contribution in [0.1, 0.15) is 36.0 Å². The third-order valence-corrected chi connectivity index (χ3v) is 5.32. The van der Waals surface area contributed by atoms with Crippen LogP contribution in [0, 0.1) is 0 Å². The van der Waals surface area contributed by atoms with Crippen molar-refractivity contribution in [1.29, 1.82) is 0 Å². The Labute approximate surface area is 125 Å². The van der Waals surface area contributed by atoms with Crippen LogP contribution in [-0.4, -0.2) is 54.0 Å². The molecule has 4 nitrogen and oxygen atoms in total. The fourth-order valence-corrected chi connectivity index (χ4v) is 4.09. The molecule has 2 unspecified atom stereocenters. The van der Waals surface area contributed by atoms with Crippen LogP contribution in [0.15, 0.2) is 24.3 Å². The lowest BCUT2D eigenvalue weighted by molar-refractivity contribution is 0.0681. The highest BCUT2D eigenvalue weighted by atomic mass is 16.5. The van der Waals surface area contributed by atoms with Crippen molar-refractivity contribution < 1.29 is 9.53 Å². The number of amides is 1. The predicted octanol–water partition coefficient (Wildman–Crippen LogP) is 2.15. The van der Waals surface area contributed by atoms with Gasteiger partial charge in [-0.2, -0.15) is 0 Å². The number of likely N-dealkylation sites (N-methyl/N-ethyl adjacent to an activating group) is 1. The van der Waals surface area contributed by atoms with E-state index in [-0.39, 0.29) is 18.1 Å². The second-order valence-electron chi connectivity index (χ2n) is 6.53.